The van der Waals surface area contributed by atoms with Gasteiger partial charge in [-0.25, -0.2) is 0 Å². The number of aliphatic imine (C=N–C) groups is 1. The van der Waals surface area contributed by atoms with E-state index >= 15 is 0 Å². The van der Waals surface area contributed by atoms with Gasteiger partial charge in [-0.3, -0.25) is 9.89 Å². The van der Waals surface area contributed by atoms with Crippen molar-refractivity contribution >= 4 is 5.96 Å². The van der Waals surface area contributed by atoms with Gasteiger partial charge < -0.3 is 10.2 Å². The molecule has 0 aliphatic rings. The molecule has 1 N–H and O–H groups in total. The summed E-state index contributed by atoms with van der Waals surface area (Å²) in [6.45, 7) is 4.31. The first-order valence-electron chi connectivity index (χ1n) is 6.58. The first-order valence-corrected chi connectivity index (χ1v) is 6.58. The Kier molecular flexibility index (Phi) is 9.03. The summed E-state index contributed by atoms with van der Waals surface area (Å²) in [5.41, 5.74) is 0. The molecule has 0 heterocycles. The van der Waals surface area contributed by atoms with Crippen LogP contribution in [0, 0.1) is 0 Å². The highest BCUT2D eigenvalue weighted by atomic mass is 19.4. The van der Waals surface area contributed by atoms with Gasteiger partial charge in [-0.15, -0.1) is 6.58 Å². The molecule has 0 aliphatic heterocycles. The fourth-order valence-corrected chi connectivity index (χ4v) is 1.71. The van der Waals surface area contributed by atoms with Crippen molar-refractivity contribution in [2.24, 2.45) is 4.99 Å². The zero-order valence-corrected chi connectivity index (χ0v) is 12.5. The summed E-state index contributed by atoms with van der Waals surface area (Å²) in [6.07, 6.45) is -0.404. The number of unbranched alkanes of at least 4 members (excludes halogenated alkanes) is 1. The third-order valence-corrected chi connectivity index (χ3v) is 2.70. The molecule has 0 aliphatic carbocycles. The van der Waals surface area contributed by atoms with Crippen LogP contribution < -0.4 is 5.32 Å². The lowest BCUT2D eigenvalue weighted by molar-refractivity contribution is -0.142. The SMILES string of the molecule is C=CCCCN(C)C(=NC)NCCN(C)CC(F)(F)F. The Labute approximate surface area is 119 Å². The van der Waals surface area contributed by atoms with Crippen molar-refractivity contribution in [2.45, 2.75) is 19.0 Å². The molecule has 20 heavy (non-hydrogen) atoms. The molecule has 118 valence electrons. The standard InChI is InChI=1S/C13H25F3N4/c1-5-6-7-9-20(4)12(17-2)18-8-10-19(3)11-13(14,15)16/h5H,1,6-11H2,2-4H3,(H,17,18). The Bertz CT molecular complexity index is 302. The Hall–Kier alpha value is -1.24. The molecule has 0 saturated carbocycles. The van der Waals surface area contributed by atoms with E-state index in [-0.39, 0.29) is 0 Å². The number of rotatable bonds is 8. The summed E-state index contributed by atoms with van der Waals surface area (Å²) in [4.78, 5) is 7.29. The molecular formula is C13H25F3N4. The molecule has 0 radical (unpaired) electrons. The van der Waals surface area contributed by atoms with Gasteiger partial charge in [0, 0.05) is 33.7 Å². The largest absolute Gasteiger partial charge is 0.401 e. The van der Waals surface area contributed by atoms with Crippen molar-refractivity contribution in [3.63, 3.8) is 0 Å². The van der Waals surface area contributed by atoms with Gasteiger partial charge in [0.15, 0.2) is 5.96 Å². The van der Waals surface area contributed by atoms with Crippen molar-refractivity contribution in [1.82, 2.24) is 15.1 Å². The van der Waals surface area contributed by atoms with Crippen LogP contribution >= 0.6 is 0 Å². The predicted molar refractivity (Wildman–Crippen MR) is 77.0 cm³/mol. The van der Waals surface area contributed by atoms with E-state index < -0.39 is 12.7 Å². The Morgan fingerprint density at radius 3 is 2.45 bits per heavy atom. The molecule has 0 atom stereocenters. The number of halogens is 3. The molecular weight excluding hydrogens is 269 g/mol. The molecule has 4 nitrogen and oxygen atoms in total. The van der Waals surface area contributed by atoms with Crippen molar-refractivity contribution in [3.8, 4) is 0 Å². The highest BCUT2D eigenvalue weighted by molar-refractivity contribution is 5.79. The molecule has 0 saturated heterocycles. The Morgan fingerprint density at radius 2 is 1.95 bits per heavy atom. The summed E-state index contributed by atoms with van der Waals surface area (Å²) >= 11 is 0. The van der Waals surface area contributed by atoms with Gasteiger partial charge in [0.2, 0.25) is 0 Å². The number of alkyl halides is 3. The lowest BCUT2D eigenvalue weighted by atomic mass is 10.3. The van der Waals surface area contributed by atoms with Crippen LogP contribution in [0.3, 0.4) is 0 Å². The minimum absolute atomic E-state index is 0.305. The highest BCUT2D eigenvalue weighted by Crippen LogP contribution is 2.14. The van der Waals surface area contributed by atoms with Crippen LogP contribution in [0.15, 0.2) is 17.6 Å². The molecule has 0 amide bonds. The van der Waals surface area contributed by atoms with Gasteiger partial charge in [-0.1, -0.05) is 6.08 Å². The second-order valence-electron chi connectivity index (χ2n) is 4.68. The van der Waals surface area contributed by atoms with E-state index in [9.17, 15) is 13.2 Å². The highest BCUT2D eigenvalue weighted by Gasteiger charge is 2.28. The predicted octanol–water partition coefficient (Wildman–Crippen LogP) is 1.95. The molecule has 0 aromatic carbocycles. The fourth-order valence-electron chi connectivity index (χ4n) is 1.71. The Morgan fingerprint density at radius 1 is 1.30 bits per heavy atom. The number of guanidine groups is 1. The van der Waals surface area contributed by atoms with Crippen LogP contribution in [0.1, 0.15) is 12.8 Å². The van der Waals surface area contributed by atoms with Crippen LogP contribution in [-0.4, -0.2) is 69.3 Å². The van der Waals surface area contributed by atoms with E-state index in [1.807, 2.05) is 18.0 Å². The number of likely N-dealkylation sites (N-methyl/N-ethyl adjacent to an activating group) is 1. The van der Waals surface area contributed by atoms with Crippen molar-refractivity contribution < 1.29 is 13.2 Å². The lowest BCUT2D eigenvalue weighted by Gasteiger charge is -2.23. The first kappa shape index (κ1) is 18.8. The van der Waals surface area contributed by atoms with Crippen LogP contribution in [0.4, 0.5) is 13.2 Å². The van der Waals surface area contributed by atoms with E-state index in [2.05, 4.69) is 16.9 Å². The maximum atomic E-state index is 12.2. The Balaban J connectivity index is 3.98. The summed E-state index contributed by atoms with van der Waals surface area (Å²) in [5.74, 6) is 0.689. The molecule has 0 rings (SSSR count). The minimum atomic E-state index is -4.15. The van der Waals surface area contributed by atoms with Crippen molar-refractivity contribution in [3.05, 3.63) is 12.7 Å². The van der Waals surface area contributed by atoms with E-state index in [0.29, 0.717) is 19.0 Å². The molecule has 0 aromatic rings. The maximum absolute atomic E-state index is 12.2. The molecule has 0 aromatic heterocycles. The third-order valence-electron chi connectivity index (χ3n) is 2.70. The van der Waals surface area contributed by atoms with Gasteiger partial charge in [0.1, 0.15) is 0 Å². The molecule has 0 unspecified atom stereocenters. The molecule has 0 bridgehead atoms. The maximum Gasteiger partial charge on any atom is 0.401 e. The fraction of sp³-hybridized carbons (Fsp3) is 0.769. The number of allylic oxidation sites excluding steroid dienone is 1. The van der Waals surface area contributed by atoms with Crippen molar-refractivity contribution in [2.75, 3.05) is 47.3 Å². The van der Waals surface area contributed by atoms with Crippen LogP contribution in [-0.2, 0) is 0 Å². The van der Waals surface area contributed by atoms with Gasteiger partial charge in [-0.05, 0) is 19.9 Å². The van der Waals surface area contributed by atoms with Crippen LogP contribution in [0.2, 0.25) is 0 Å². The summed E-state index contributed by atoms with van der Waals surface area (Å²) in [7, 11) is 5.01. The lowest BCUT2D eigenvalue weighted by Crippen LogP contribution is -2.43. The summed E-state index contributed by atoms with van der Waals surface area (Å²) in [5, 5.41) is 3.05. The topological polar surface area (TPSA) is 30.9 Å². The average molecular weight is 294 g/mol. The monoisotopic (exact) mass is 294 g/mol. The average Bonchev–Trinajstić information content (AvgIpc) is 2.32. The number of nitrogens with zero attached hydrogens (tertiary/aromatic N) is 3. The molecule has 0 spiro atoms. The van der Waals surface area contributed by atoms with E-state index in [1.54, 1.807) is 7.05 Å². The quantitative estimate of drug-likeness (QED) is 0.321. The number of hydrogen-bond acceptors (Lipinski definition) is 2. The zero-order valence-electron chi connectivity index (χ0n) is 12.5. The molecule has 7 heteroatoms. The van der Waals surface area contributed by atoms with Crippen molar-refractivity contribution in [1.29, 1.82) is 0 Å². The van der Waals surface area contributed by atoms with Gasteiger partial charge in [-0.2, -0.15) is 13.2 Å². The second kappa shape index (κ2) is 9.63. The van der Waals surface area contributed by atoms with E-state index in [1.165, 1.54) is 11.9 Å². The smallest absolute Gasteiger partial charge is 0.355 e. The normalized spacial score (nSPS) is 12.7. The second-order valence-corrected chi connectivity index (χ2v) is 4.68. The first-order chi connectivity index (χ1) is 9.30. The number of nitrogens with one attached hydrogen (secondary N) is 1. The van der Waals surface area contributed by atoms with E-state index in [4.69, 9.17) is 0 Å². The van der Waals surface area contributed by atoms with Gasteiger partial charge in [0.05, 0.1) is 6.54 Å². The number of hydrogen-bond donors (Lipinski definition) is 1. The van der Waals surface area contributed by atoms with Crippen LogP contribution in [0.5, 0.6) is 0 Å². The summed E-state index contributed by atoms with van der Waals surface area (Å²) in [6, 6.07) is 0. The van der Waals surface area contributed by atoms with Gasteiger partial charge >= 0.3 is 6.18 Å². The van der Waals surface area contributed by atoms with Gasteiger partial charge in [0.25, 0.3) is 0 Å². The van der Waals surface area contributed by atoms with E-state index in [0.717, 1.165) is 19.4 Å². The minimum Gasteiger partial charge on any atom is -0.355 e. The third kappa shape index (κ3) is 9.66. The zero-order chi connectivity index (χ0) is 15.6. The summed E-state index contributed by atoms with van der Waals surface area (Å²) < 4.78 is 36.5. The molecule has 0 fully saturated rings. The van der Waals surface area contributed by atoms with Crippen LogP contribution in [0.25, 0.3) is 0 Å².